The van der Waals surface area contributed by atoms with Gasteiger partial charge in [0.15, 0.2) is 0 Å². The fourth-order valence-electron chi connectivity index (χ4n) is 2.15. The van der Waals surface area contributed by atoms with E-state index in [-0.39, 0.29) is 30.4 Å². The zero-order chi connectivity index (χ0) is 13.8. The van der Waals surface area contributed by atoms with Crippen LogP contribution >= 0.6 is 24.2 Å². The summed E-state index contributed by atoms with van der Waals surface area (Å²) >= 11 is 1.75. The molecule has 4 nitrogen and oxygen atoms in total. The summed E-state index contributed by atoms with van der Waals surface area (Å²) in [5, 5.41) is 6.22. The summed E-state index contributed by atoms with van der Waals surface area (Å²) in [5.74, 6) is 2.55. The first kappa shape index (κ1) is 17.1. The van der Waals surface area contributed by atoms with E-state index in [0.29, 0.717) is 0 Å². The van der Waals surface area contributed by atoms with Crippen LogP contribution in [0.2, 0.25) is 0 Å². The van der Waals surface area contributed by atoms with Crippen molar-refractivity contribution in [1.82, 2.24) is 10.6 Å². The van der Waals surface area contributed by atoms with Gasteiger partial charge in [-0.3, -0.25) is 10.1 Å². The highest BCUT2D eigenvalue weighted by atomic mass is 35.5. The summed E-state index contributed by atoms with van der Waals surface area (Å²) in [7, 11) is 1.65. The number of hydrogen-bond donors (Lipinski definition) is 2. The van der Waals surface area contributed by atoms with Gasteiger partial charge in [-0.25, -0.2) is 0 Å². The molecule has 2 N–H and O–H groups in total. The first-order valence-corrected chi connectivity index (χ1v) is 7.53. The van der Waals surface area contributed by atoms with Crippen LogP contribution in [-0.4, -0.2) is 30.7 Å². The average Bonchev–Trinajstić information content (AvgIpc) is 2.92. The number of rotatable bonds is 4. The van der Waals surface area contributed by atoms with E-state index in [9.17, 15) is 4.79 Å². The molecule has 2 rings (SSSR count). The highest BCUT2D eigenvalue weighted by molar-refractivity contribution is 7.99. The van der Waals surface area contributed by atoms with Gasteiger partial charge in [-0.15, -0.1) is 24.2 Å². The summed E-state index contributed by atoms with van der Waals surface area (Å²) in [5.41, 5.74) is 2.17. The van der Waals surface area contributed by atoms with Gasteiger partial charge in [0.05, 0.1) is 19.2 Å². The molecule has 1 aliphatic rings. The third-order valence-electron chi connectivity index (χ3n) is 3.24. The number of carbonyl (C=O) groups is 1. The van der Waals surface area contributed by atoms with Gasteiger partial charge in [0, 0.05) is 17.2 Å². The van der Waals surface area contributed by atoms with E-state index in [2.05, 4.69) is 16.7 Å². The number of ether oxygens (including phenoxy) is 1. The monoisotopic (exact) mass is 316 g/mol. The second-order valence-electron chi connectivity index (χ2n) is 4.75. The number of amides is 1. The van der Waals surface area contributed by atoms with Crippen LogP contribution in [0.3, 0.4) is 0 Å². The molecule has 0 radical (unpaired) electrons. The lowest BCUT2D eigenvalue weighted by Crippen LogP contribution is -2.43. The molecule has 2 atom stereocenters. The van der Waals surface area contributed by atoms with E-state index < -0.39 is 0 Å². The van der Waals surface area contributed by atoms with Crippen molar-refractivity contribution in [2.45, 2.75) is 25.9 Å². The fraction of sp³-hybridized carbons (Fsp3) is 0.500. The van der Waals surface area contributed by atoms with Crippen molar-refractivity contribution in [1.29, 1.82) is 0 Å². The number of carbonyl (C=O) groups excluding carboxylic acids is 1. The van der Waals surface area contributed by atoms with Crippen molar-refractivity contribution in [3.05, 3.63) is 29.3 Å². The molecule has 1 heterocycles. The van der Waals surface area contributed by atoms with Gasteiger partial charge < -0.3 is 10.1 Å². The van der Waals surface area contributed by atoms with Gasteiger partial charge in [-0.1, -0.05) is 17.7 Å². The average molecular weight is 317 g/mol. The standard InChI is InChI=1S/C14H20N2O2S.ClH/c1-9-4-5-13(18-3)11(6-9)10(2)16-14(17)12-7-19-8-15-12;/h4-6,10,12,15H,7-8H2,1-3H3,(H,16,17);1H. The molecule has 1 aliphatic heterocycles. The third kappa shape index (κ3) is 4.04. The SMILES string of the molecule is COc1ccc(C)cc1C(C)NC(=O)C1CSCN1.Cl. The van der Waals surface area contributed by atoms with E-state index in [1.165, 1.54) is 0 Å². The number of methoxy groups -OCH3 is 1. The Morgan fingerprint density at radius 3 is 2.90 bits per heavy atom. The largest absolute Gasteiger partial charge is 0.496 e. The Kier molecular flexibility index (Phi) is 6.65. The molecule has 2 unspecified atom stereocenters. The number of thioether (sulfide) groups is 1. The summed E-state index contributed by atoms with van der Waals surface area (Å²) in [4.78, 5) is 12.1. The van der Waals surface area contributed by atoms with E-state index >= 15 is 0 Å². The zero-order valence-corrected chi connectivity index (χ0v) is 13.6. The molecule has 0 bridgehead atoms. The Balaban J connectivity index is 0.00000200. The number of benzene rings is 1. The molecule has 1 aromatic rings. The minimum Gasteiger partial charge on any atom is -0.496 e. The van der Waals surface area contributed by atoms with Crippen molar-refractivity contribution >= 4 is 30.1 Å². The van der Waals surface area contributed by atoms with Gasteiger partial charge >= 0.3 is 0 Å². The van der Waals surface area contributed by atoms with E-state index in [4.69, 9.17) is 4.74 Å². The lowest BCUT2D eigenvalue weighted by Gasteiger charge is -2.20. The van der Waals surface area contributed by atoms with Crippen molar-refractivity contribution in [2.75, 3.05) is 18.7 Å². The smallest absolute Gasteiger partial charge is 0.238 e. The Hall–Kier alpha value is -0.910. The Bertz CT molecular complexity index is 464. The molecule has 1 saturated heterocycles. The molecular weight excluding hydrogens is 296 g/mol. The molecule has 0 saturated carbocycles. The molecule has 0 spiro atoms. The molecule has 1 aromatic carbocycles. The summed E-state index contributed by atoms with van der Waals surface area (Å²) < 4.78 is 5.36. The first-order chi connectivity index (χ1) is 9.11. The van der Waals surface area contributed by atoms with Crippen LogP contribution in [0.5, 0.6) is 5.75 Å². The molecule has 112 valence electrons. The Morgan fingerprint density at radius 1 is 1.55 bits per heavy atom. The lowest BCUT2D eigenvalue weighted by molar-refractivity contribution is -0.123. The van der Waals surface area contributed by atoms with Gasteiger partial charge in [-0.05, 0) is 19.9 Å². The third-order valence-corrected chi connectivity index (χ3v) is 4.18. The van der Waals surface area contributed by atoms with Crippen molar-refractivity contribution in [3.8, 4) is 5.75 Å². The van der Waals surface area contributed by atoms with Crippen molar-refractivity contribution in [3.63, 3.8) is 0 Å². The van der Waals surface area contributed by atoms with E-state index in [1.807, 2.05) is 26.0 Å². The molecule has 6 heteroatoms. The normalized spacial score (nSPS) is 19.1. The lowest BCUT2D eigenvalue weighted by atomic mass is 10.0. The van der Waals surface area contributed by atoms with Crippen molar-refractivity contribution in [2.24, 2.45) is 0 Å². The van der Waals surface area contributed by atoms with Crippen LogP contribution in [0.25, 0.3) is 0 Å². The van der Waals surface area contributed by atoms with Gasteiger partial charge in [0.1, 0.15) is 5.75 Å². The van der Waals surface area contributed by atoms with Crippen LogP contribution < -0.4 is 15.4 Å². The maximum absolute atomic E-state index is 12.1. The topological polar surface area (TPSA) is 50.4 Å². The molecule has 1 fully saturated rings. The minimum absolute atomic E-state index is 0. The summed E-state index contributed by atoms with van der Waals surface area (Å²) in [6.45, 7) is 4.02. The highest BCUT2D eigenvalue weighted by Gasteiger charge is 2.24. The fourth-order valence-corrected chi connectivity index (χ4v) is 3.09. The predicted molar refractivity (Wildman–Crippen MR) is 85.8 cm³/mol. The quantitative estimate of drug-likeness (QED) is 0.894. The molecule has 20 heavy (non-hydrogen) atoms. The minimum atomic E-state index is -0.0803. The molecular formula is C14H21ClN2O2S. The number of nitrogens with one attached hydrogen (secondary N) is 2. The first-order valence-electron chi connectivity index (χ1n) is 6.38. The number of hydrogen-bond acceptors (Lipinski definition) is 4. The molecule has 0 aromatic heterocycles. The van der Waals surface area contributed by atoms with E-state index in [0.717, 1.165) is 28.5 Å². The number of halogens is 1. The van der Waals surface area contributed by atoms with Crippen LogP contribution in [-0.2, 0) is 4.79 Å². The maximum Gasteiger partial charge on any atom is 0.238 e. The van der Waals surface area contributed by atoms with Crippen LogP contribution in [0.1, 0.15) is 24.1 Å². The second-order valence-corrected chi connectivity index (χ2v) is 5.78. The van der Waals surface area contributed by atoms with Gasteiger partial charge in [0.2, 0.25) is 5.91 Å². The van der Waals surface area contributed by atoms with Crippen LogP contribution in [0.15, 0.2) is 18.2 Å². The van der Waals surface area contributed by atoms with Crippen molar-refractivity contribution < 1.29 is 9.53 Å². The van der Waals surface area contributed by atoms with E-state index in [1.54, 1.807) is 18.9 Å². The summed E-state index contributed by atoms with van der Waals surface area (Å²) in [6, 6.07) is 5.86. The summed E-state index contributed by atoms with van der Waals surface area (Å²) in [6.07, 6.45) is 0. The second kappa shape index (κ2) is 7.76. The van der Waals surface area contributed by atoms with Crippen LogP contribution in [0.4, 0.5) is 0 Å². The highest BCUT2D eigenvalue weighted by Crippen LogP contribution is 2.26. The van der Waals surface area contributed by atoms with Crippen LogP contribution in [0, 0.1) is 6.92 Å². The van der Waals surface area contributed by atoms with Gasteiger partial charge in [-0.2, -0.15) is 0 Å². The van der Waals surface area contributed by atoms with Gasteiger partial charge in [0.25, 0.3) is 0 Å². The Morgan fingerprint density at radius 2 is 2.30 bits per heavy atom. The molecule has 0 aliphatic carbocycles. The molecule has 1 amide bonds. The zero-order valence-electron chi connectivity index (χ0n) is 11.9. The predicted octanol–water partition coefficient (Wildman–Crippen LogP) is 2.27. The number of aryl methyl sites for hydroxylation is 1. The Labute approximate surface area is 130 Å². The maximum atomic E-state index is 12.1.